The summed E-state index contributed by atoms with van der Waals surface area (Å²) in [7, 11) is -0.456. The normalized spacial score (nSPS) is 11.4. The summed E-state index contributed by atoms with van der Waals surface area (Å²) in [5.41, 5.74) is 6.18. The van der Waals surface area contributed by atoms with Crippen molar-refractivity contribution in [2.75, 3.05) is 0 Å². The summed E-state index contributed by atoms with van der Waals surface area (Å²) in [5.74, 6) is 2.50. The molecule has 0 saturated heterocycles. The third-order valence-electron chi connectivity index (χ3n) is 11.2. The lowest BCUT2D eigenvalue weighted by Crippen LogP contribution is -2.39. The van der Waals surface area contributed by atoms with Gasteiger partial charge in [-0.15, -0.1) is 0 Å². The minimum atomic E-state index is -0.942. The highest BCUT2D eigenvalue weighted by molar-refractivity contribution is 7.56. The van der Waals surface area contributed by atoms with E-state index in [2.05, 4.69) is 58.0 Å². The summed E-state index contributed by atoms with van der Waals surface area (Å²) in [5, 5.41) is 2.72. The summed E-state index contributed by atoms with van der Waals surface area (Å²) in [6, 6.07) is 31.2. The predicted octanol–water partition coefficient (Wildman–Crippen LogP) is 14.9. The SMILES string of the molecule is CCCCCCCCCCc1c(CCCC)c(CCCC)c(Pc2ccccc2)c(OB(Oc2ccccc2)Oc2ccccc2)c1CCCCCCCCCC. The van der Waals surface area contributed by atoms with Crippen molar-refractivity contribution in [3.63, 3.8) is 0 Å². The number of para-hydroxylation sites is 2. The van der Waals surface area contributed by atoms with E-state index in [1.54, 1.807) is 11.1 Å². The van der Waals surface area contributed by atoms with Crippen molar-refractivity contribution in [2.24, 2.45) is 0 Å². The van der Waals surface area contributed by atoms with Crippen LogP contribution in [0.3, 0.4) is 0 Å². The van der Waals surface area contributed by atoms with Crippen molar-refractivity contribution >= 4 is 26.5 Å². The maximum atomic E-state index is 7.35. The van der Waals surface area contributed by atoms with Gasteiger partial charge >= 0.3 is 7.32 Å². The van der Waals surface area contributed by atoms with E-state index in [1.807, 2.05) is 60.7 Å². The first-order valence-electron chi connectivity index (χ1n) is 23.3. The maximum absolute atomic E-state index is 7.35. The van der Waals surface area contributed by atoms with Gasteiger partial charge in [0.25, 0.3) is 0 Å². The average Bonchev–Trinajstić information content (AvgIpc) is 3.24. The molecule has 5 heteroatoms. The van der Waals surface area contributed by atoms with Crippen molar-refractivity contribution in [1.82, 2.24) is 0 Å². The molecule has 0 N–H and O–H groups in total. The zero-order valence-electron chi connectivity index (χ0n) is 36.4. The first-order chi connectivity index (χ1) is 28.2. The van der Waals surface area contributed by atoms with Gasteiger partial charge < -0.3 is 14.0 Å². The smallest absolute Gasteiger partial charge is 0.490 e. The Balaban J connectivity index is 1.84. The van der Waals surface area contributed by atoms with E-state index >= 15 is 0 Å². The molecule has 0 amide bonds. The van der Waals surface area contributed by atoms with Crippen LogP contribution in [0, 0.1) is 0 Å². The van der Waals surface area contributed by atoms with Crippen LogP contribution in [0.5, 0.6) is 17.2 Å². The lowest BCUT2D eigenvalue weighted by molar-refractivity contribution is 0.306. The van der Waals surface area contributed by atoms with Crippen molar-refractivity contribution < 1.29 is 14.0 Å². The van der Waals surface area contributed by atoms with Crippen LogP contribution in [0.2, 0.25) is 0 Å². The number of rotatable bonds is 32. The van der Waals surface area contributed by atoms with Gasteiger partial charge in [-0.3, -0.25) is 0 Å². The molecule has 4 aromatic carbocycles. The maximum Gasteiger partial charge on any atom is 0.864 e. The Morgan fingerprint density at radius 1 is 0.368 bits per heavy atom. The molecule has 4 aromatic rings. The van der Waals surface area contributed by atoms with Crippen LogP contribution in [0.25, 0.3) is 0 Å². The Morgan fingerprint density at radius 2 is 0.737 bits per heavy atom. The highest BCUT2D eigenvalue weighted by Crippen LogP contribution is 2.38. The number of hydrogen-bond donors (Lipinski definition) is 0. The molecular weight excluding hydrogens is 714 g/mol. The van der Waals surface area contributed by atoms with E-state index in [0.29, 0.717) is 8.58 Å². The molecule has 0 spiro atoms. The zero-order chi connectivity index (χ0) is 40.2. The third kappa shape index (κ3) is 17.3. The molecule has 0 aliphatic heterocycles. The summed E-state index contributed by atoms with van der Waals surface area (Å²) < 4.78 is 20.6. The molecular formula is C52H76BO3P. The molecule has 310 valence electrons. The highest BCUT2D eigenvalue weighted by Gasteiger charge is 2.34. The fourth-order valence-corrected chi connectivity index (χ4v) is 9.38. The van der Waals surface area contributed by atoms with Gasteiger partial charge in [0.05, 0.1) is 0 Å². The molecule has 4 rings (SSSR count). The van der Waals surface area contributed by atoms with Gasteiger partial charge in [-0.1, -0.05) is 206 Å². The van der Waals surface area contributed by atoms with Gasteiger partial charge in [0.15, 0.2) is 0 Å². The quantitative estimate of drug-likeness (QED) is 0.0280. The van der Waals surface area contributed by atoms with Crippen LogP contribution in [0.4, 0.5) is 0 Å². The lowest BCUT2D eigenvalue weighted by atomic mass is 9.84. The molecule has 1 atom stereocenters. The predicted molar refractivity (Wildman–Crippen MR) is 251 cm³/mol. The van der Waals surface area contributed by atoms with Gasteiger partial charge in [0, 0.05) is 5.30 Å². The lowest BCUT2D eigenvalue weighted by Gasteiger charge is -2.29. The minimum Gasteiger partial charge on any atom is -0.490 e. The molecule has 0 saturated carbocycles. The second-order valence-electron chi connectivity index (χ2n) is 16.0. The minimum absolute atomic E-state index is 0.486. The number of unbranched alkanes of at least 4 members (excludes halogenated alkanes) is 16. The summed E-state index contributed by atoms with van der Waals surface area (Å²) >= 11 is 0. The third-order valence-corrected chi connectivity index (χ3v) is 12.6. The van der Waals surface area contributed by atoms with Crippen LogP contribution in [0.1, 0.15) is 178 Å². The molecule has 0 aliphatic rings. The van der Waals surface area contributed by atoms with Crippen LogP contribution in [-0.2, 0) is 25.7 Å². The molecule has 0 heterocycles. The Morgan fingerprint density at radius 3 is 1.21 bits per heavy atom. The van der Waals surface area contributed by atoms with E-state index in [0.717, 1.165) is 42.9 Å². The second kappa shape index (κ2) is 29.1. The standard InChI is InChI=1S/C52H76BO3P/c1-5-9-13-15-17-19-21-32-42-47-48(40-11-7-3)50(41-12-8-4)52(57-46-38-30-25-31-39-46)51(49(47)43-33-22-20-18-16-14-10-6-2)56-53(54-44-34-26-23-27-35-44)55-45-36-28-24-29-37-45/h23-31,34-39,57H,5-22,32-33,40-43H2,1-4H3. The van der Waals surface area contributed by atoms with Crippen LogP contribution in [-0.4, -0.2) is 7.32 Å². The Labute approximate surface area is 351 Å². The topological polar surface area (TPSA) is 27.7 Å². The summed E-state index contributed by atoms with van der Waals surface area (Å²) in [4.78, 5) is 0. The van der Waals surface area contributed by atoms with Gasteiger partial charge in [-0.2, -0.15) is 0 Å². The van der Waals surface area contributed by atoms with Gasteiger partial charge in [0.2, 0.25) is 0 Å². The Hall–Kier alpha value is -3.23. The van der Waals surface area contributed by atoms with Crippen molar-refractivity contribution in [2.45, 2.75) is 182 Å². The zero-order valence-corrected chi connectivity index (χ0v) is 37.4. The molecule has 1 unspecified atom stereocenters. The molecule has 0 radical (unpaired) electrons. The monoisotopic (exact) mass is 791 g/mol. The largest absolute Gasteiger partial charge is 0.864 e. The van der Waals surface area contributed by atoms with Crippen LogP contribution < -0.4 is 24.6 Å². The average molecular weight is 791 g/mol. The van der Waals surface area contributed by atoms with Crippen LogP contribution in [0.15, 0.2) is 91.0 Å². The van der Waals surface area contributed by atoms with Crippen molar-refractivity contribution in [3.05, 3.63) is 113 Å². The summed E-state index contributed by atoms with van der Waals surface area (Å²) in [6.45, 7) is 9.29. The van der Waals surface area contributed by atoms with Crippen molar-refractivity contribution in [3.8, 4) is 17.2 Å². The van der Waals surface area contributed by atoms with E-state index in [9.17, 15) is 0 Å². The number of benzene rings is 4. The molecule has 0 bridgehead atoms. The second-order valence-corrected chi connectivity index (χ2v) is 17.4. The first kappa shape index (κ1) is 46.5. The van der Waals surface area contributed by atoms with E-state index in [1.165, 1.54) is 150 Å². The number of hydrogen-bond acceptors (Lipinski definition) is 3. The summed E-state index contributed by atoms with van der Waals surface area (Å²) in [6.07, 6.45) is 30.2. The Bertz CT molecular complexity index is 1560. The van der Waals surface area contributed by atoms with Gasteiger partial charge in [-0.25, -0.2) is 0 Å². The molecule has 0 fully saturated rings. The molecule has 3 nitrogen and oxygen atoms in total. The Kier molecular flexibility index (Phi) is 23.7. The molecule has 57 heavy (non-hydrogen) atoms. The van der Waals surface area contributed by atoms with Crippen LogP contribution >= 0.6 is 8.58 Å². The highest BCUT2D eigenvalue weighted by atomic mass is 31.1. The molecule has 0 aromatic heterocycles. The van der Waals surface area contributed by atoms with Gasteiger partial charge in [-0.05, 0) is 103 Å². The van der Waals surface area contributed by atoms with Gasteiger partial charge in [0.1, 0.15) is 17.2 Å². The van der Waals surface area contributed by atoms with E-state index < -0.39 is 7.32 Å². The fourth-order valence-electron chi connectivity index (χ4n) is 7.98. The first-order valence-corrected chi connectivity index (χ1v) is 24.3. The van der Waals surface area contributed by atoms with Crippen molar-refractivity contribution in [1.29, 1.82) is 0 Å². The van der Waals surface area contributed by atoms with E-state index in [-0.39, 0.29) is 0 Å². The van der Waals surface area contributed by atoms with E-state index in [4.69, 9.17) is 14.0 Å². The molecule has 0 aliphatic carbocycles. The fraction of sp³-hybridized carbons (Fsp3) is 0.538.